The molecule has 0 atom stereocenters. The van der Waals surface area contributed by atoms with Gasteiger partial charge in [0.25, 0.3) is 0 Å². The molecule has 0 bridgehead atoms. The van der Waals surface area contributed by atoms with E-state index >= 15 is 0 Å². The predicted molar refractivity (Wildman–Crippen MR) is 66.3 cm³/mol. The Morgan fingerprint density at radius 3 is 2.81 bits per heavy atom. The third-order valence-electron chi connectivity index (χ3n) is 3.18. The second-order valence-corrected chi connectivity index (χ2v) is 4.88. The quantitative estimate of drug-likeness (QED) is 0.805. The fourth-order valence-corrected chi connectivity index (χ4v) is 2.34. The van der Waals surface area contributed by atoms with Crippen LogP contribution in [-0.4, -0.2) is 4.98 Å². The lowest BCUT2D eigenvalue weighted by Crippen LogP contribution is -2.06. The van der Waals surface area contributed by atoms with Crippen LogP contribution >= 0.6 is 11.6 Å². The standard InChI is InChI=1S/C13H12ClNO/c1-7-2-5-9(14)12-11(16)6-10(8-3-4-8)15-13(7)12/h2,5-6,8H,3-4H2,1H3,(H,15,16). The summed E-state index contributed by atoms with van der Waals surface area (Å²) in [5, 5.41) is 1.15. The highest BCUT2D eigenvalue weighted by Gasteiger charge is 2.25. The van der Waals surface area contributed by atoms with Crippen LogP contribution in [0.15, 0.2) is 23.0 Å². The zero-order chi connectivity index (χ0) is 11.3. The summed E-state index contributed by atoms with van der Waals surface area (Å²) in [5.41, 5.74) is 3.05. The van der Waals surface area contributed by atoms with Crippen LogP contribution in [0.1, 0.15) is 30.0 Å². The molecule has 16 heavy (non-hydrogen) atoms. The summed E-state index contributed by atoms with van der Waals surface area (Å²) in [6.07, 6.45) is 2.36. The van der Waals surface area contributed by atoms with Crippen LogP contribution in [-0.2, 0) is 0 Å². The minimum atomic E-state index is 0.0318. The van der Waals surface area contributed by atoms with Crippen molar-refractivity contribution < 1.29 is 0 Å². The zero-order valence-corrected chi connectivity index (χ0v) is 9.77. The van der Waals surface area contributed by atoms with Crippen LogP contribution in [0.4, 0.5) is 0 Å². The molecule has 0 spiro atoms. The SMILES string of the molecule is Cc1ccc(Cl)c2c(=O)cc(C3CC3)[nH]c12. The van der Waals surface area contributed by atoms with Crippen molar-refractivity contribution in [2.45, 2.75) is 25.7 Å². The predicted octanol–water partition coefficient (Wildman–Crippen LogP) is 3.37. The van der Waals surface area contributed by atoms with Crippen LogP contribution in [0, 0.1) is 6.92 Å². The molecular weight excluding hydrogens is 222 g/mol. The van der Waals surface area contributed by atoms with E-state index in [1.807, 2.05) is 13.0 Å². The molecule has 3 rings (SSSR count). The summed E-state index contributed by atoms with van der Waals surface area (Å²) in [6, 6.07) is 5.42. The first-order chi connectivity index (χ1) is 7.66. The van der Waals surface area contributed by atoms with Crippen molar-refractivity contribution in [3.8, 4) is 0 Å². The minimum absolute atomic E-state index is 0.0318. The number of aryl methyl sites for hydroxylation is 1. The number of nitrogens with one attached hydrogen (secondary N) is 1. The van der Waals surface area contributed by atoms with Gasteiger partial charge in [-0.25, -0.2) is 0 Å². The molecule has 1 aliphatic rings. The summed E-state index contributed by atoms with van der Waals surface area (Å²) in [7, 11) is 0. The average molecular weight is 234 g/mol. The second kappa shape index (κ2) is 3.36. The number of benzene rings is 1. The van der Waals surface area contributed by atoms with Crippen molar-refractivity contribution in [3.63, 3.8) is 0 Å². The lowest BCUT2D eigenvalue weighted by Gasteiger charge is -2.06. The number of aromatic nitrogens is 1. The van der Waals surface area contributed by atoms with E-state index in [0.717, 1.165) is 16.8 Å². The highest BCUT2D eigenvalue weighted by molar-refractivity contribution is 6.35. The molecule has 3 heteroatoms. The van der Waals surface area contributed by atoms with Crippen LogP contribution in [0.2, 0.25) is 5.02 Å². The van der Waals surface area contributed by atoms with E-state index in [0.29, 0.717) is 16.3 Å². The van der Waals surface area contributed by atoms with Crippen LogP contribution in [0.3, 0.4) is 0 Å². The molecule has 0 saturated heterocycles. The van der Waals surface area contributed by atoms with Gasteiger partial charge in [0.2, 0.25) is 0 Å². The Kier molecular flexibility index (Phi) is 2.08. The van der Waals surface area contributed by atoms with Gasteiger partial charge in [-0.1, -0.05) is 17.7 Å². The summed E-state index contributed by atoms with van der Waals surface area (Å²) < 4.78 is 0. The van der Waals surface area contributed by atoms with E-state index in [2.05, 4.69) is 4.98 Å². The summed E-state index contributed by atoms with van der Waals surface area (Å²) in [5.74, 6) is 0.551. The minimum Gasteiger partial charge on any atom is -0.358 e. The van der Waals surface area contributed by atoms with Crippen molar-refractivity contribution in [1.29, 1.82) is 0 Å². The van der Waals surface area contributed by atoms with Crippen molar-refractivity contribution in [2.75, 3.05) is 0 Å². The normalized spacial score (nSPS) is 15.6. The first-order valence-electron chi connectivity index (χ1n) is 5.49. The topological polar surface area (TPSA) is 32.9 Å². The van der Waals surface area contributed by atoms with Gasteiger partial charge in [0.1, 0.15) is 0 Å². The molecule has 1 N–H and O–H groups in total. The molecule has 2 nitrogen and oxygen atoms in total. The number of hydrogen-bond acceptors (Lipinski definition) is 1. The number of pyridine rings is 1. The first-order valence-corrected chi connectivity index (χ1v) is 5.86. The Hall–Kier alpha value is -1.28. The van der Waals surface area contributed by atoms with Gasteiger partial charge in [-0.2, -0.15) is 0 Å². The monoisotopic (exact) mass is 233 g/mol. The number of halogens is 1. The van der Waals surface area contributed by atoms with Crippen molar-refractivity contribution in [2.24, 2.45) is 0 Å². The number of hydrogen-bond donors (Lipinski definition) is 1. The van der Waals surface area contributed by atoms with Gasteiger partial charge in [0, 0.05) is 11.8 Å². The fraction of sp³-hybridized carbons (Fsp3) is 0.308. The lowest BCUT2D eigenvalue weighted by atomic mass is 10.1. The van der Waals surface area contributed by atoms with Gasteiger partial charge in [0.15, 0.2) is 5.43 Å². The van der Waals surface area contributed by atoms with Crippen molar-refractivity contribution in [1.82, 2.24) is 4.98 Å². The molecule has 0 aliphatic heterocycles. The smallest absolute Gasteiger partial charge is 0.191 e. The molecule has 1 saturated carbocycles. The van der Waals surface area contributed by atoms with Gasteiger partial charge in [0.05, 0.1) is 15.9 Å². The molecule has 2 aromatic rings. The Labute approximate surface area is 98.3 Å². The summed E-state index contributed by atoms with van der Waals surface area (Å²) in [4.78, 5) is 15.4. The van der Waals surface area contributed by atoms with Crippen molar-refractivity contribution >= 4 is 22.5 Å². The van der Waals surface area contributed by atoms with Gasteiger partial charge in [-0.05, 0) is 37.3 Å². The van der Waals surface area contributed by atoms with Gasteiger partial charge in [-0.3, -0.25) is 4.79 Å². The highest BCUT2D eigenvalue weighted by Crippen LogP contribution is 2.39. The van der Waals surface area contributed by atoms with E-state index in [1.165, 1.54) is 12.8 Å². The third-order valence-corrected chi connectivity index (χ3v) is 3.50. The Morgan fingerprint density at radius 2 is 2.12 bits per heavy atom. The number of fused-ring (bicyclic) bond motifs is 1. The summed E-state index contributed by atoms with van der Waals surface area (Å²) >= 11 is 6.06. The molecule has 1 heterocycles. The number of aromatic amines is 1. The lowest BCUT2D eigenvalue weighted by molar-refractivity contribution is 1.04. The Bertz CT molecular complexity index is 626. The molecule has 0 amide bonds. The fourth-order valence-electron chi connectivity index (χ4n) is 2.09. The van der Waals surface area contributed by atoms with Crippen molar-refractivity contribution in [3.05, 3.63) is 44.7 Å². The van der Waals surface area contributed by atoms with Gasteiger partial charge >= 0.3 is 0 Å². The van der Waals surface area contributed by atoms with Gasteiger partial charge in [-0.15, -0.1) is 0 Å². The Morgan fingerprint density at radius 1 is 1.38 bits per heavy atom. The Balaban J connectivity index is 2.41. The van der Waals surface area contributed by atoms with E-state index < -0.39 is 0 Å². The van der Waals surface area contributed by atoms with E-state index in [1.54, 1.807) is 12.1 Å². The average Bonchev–Trinajstić information content (AvgIpc) is 3.06. The number of rotatable bonds is 1. The summed E-state index contributed by atoms with van der Waals surface area (Å²) in [6.45, 7) is 1.99. The van der Waals surface area contributed by atoms with Crippen LogP contribution in [0.25, 0.3) is 10.9 Å². The molecule has 1 fully saturated rings. The molecule has 0 unspecified atom stereocenters. The van der Waals surface area contributed by atoms with E-state index in [-0.39, 0.29) is 5.43 Å². The molecule has 0 radical (unpaired) electrons. The maximum absolute atomic E-state index is 12.0. The highest BCUT2D eigenvalue weighted by atomic mass is 35.5. The molecule has 82 valence electrons. The van der Waals surface area contributed by atoms with Crippen LogP contribution < -0.4 is 5.43 Å². The molecule has 1 aliphatic carbocycles. The molecular formula is C13H12ClNO. The molecule has 1 aromatic carbocycles. The zero-order valence-electron chi connectivity index (χ0n) is 9.01. The van der Waals surface area contributed by atoms with E-state index in [9.17, 15) is 4.79 Å². The second-order valence-electron chi connectivity index (χ2n) is 4.48. The van der Waals surface area contributed by atoms with Gasteiger partial charge < -0.3 is 4.98 Å². The van der Waals surface area contributed by atoms with Crippen LogP contribution in [0.5, 0.6) is 0 Å². The maximum atomic E-state index is 12.0. The molecule has 1 aromatic heterocycles. The van der Waals surface area contributed by atoms with E-state index in [4.69, 9.17) is 11.6 Å². The maximum Gasteiger partial charge on any atom is 0.191 e. The third kappa shape index (κ3) is 1.45. The first kappa shape index (κ1) is 9.91. The number of H-pyrrole nitrogens is 1. The largest absolute Gasteiger partial charge is 0.358 e.